The summed E-state index contributed by atoms with van der Waals surface area (Å²) < 4.78 is 13.2. The second-order valence-corrected chi connectivity index (χ2v) is 5.31. The molecule has 0 heterocycles. The first-order valence-electron chi connectivity index (χ1n) is 5.54. The Morgan fingerprint density at radius 3 is 2.88 bits per heavy atom. The number of nitrogen functional groups attached to an aromatic ring is 1. The molecule has 88 valence electrons. The average molecular weight is 240 g/mol. The van der Waals surface area contributed by atoms with E-state index >= 15 is 0 Å². The molecule has 3 N–H and O–H groups in total. The molecule has 0 amide bonds. The Balaban J connectivity index is 2.08. The van der Waals surface area contributed by atoms with Gasteiger partial charge in [0.1, 0.15) is 5.82 Å². The van der Waals surface area contributed by atoms with Crippen molar-refractivity contribution in [1.82, 2.24) is 0 Å². The van der Waals surface area contributed by atoms with E-state index in [-0.39, 0.29) is 5.82 Å². The van der Waals surface area contributed by atoms with Crippen LogP contribution in [0, 0.1) is 5.82 Å². The van der Waals surface area contributed by atoms with E-state index < -0.39 is 0 Å². The molecule has 1 aliphatic carbocycles. The highest BCUT2D eigenvalue weighted by Crippen LogP contribution is 2.31. The molecular weight excluding hydrogens is 223 g/mol. The maximum atomic E-state index is 13.2. The Hall–Kier alpha value is -0.900. The molecule has 4 heteroatoms. The molecule has 16 heavy (non-hydrogen) atoms. The van der Waals surface area contributed by atoms with Crippen LogP contribution in [0.4, 0.5) is 15.8 Å². The number of halogens is 1. The van der Waals surface area contributed by atoms with Crippen LogP contribution < -0.4 is 11.1 Å². The van der Waals surface area contributed by atoms with E-state index in [1.165, 1.54) is 25.0 Å². The number of nitrogens with one attached hydrogen (secondary N) is 1. The van der Waals surface area contributed by atoms with Gasteiger partial charge < -0.3 is 11.1 Å². The van der Waals surface area contributed by atoms with Crippen molar-refractivity contribution in [2.24, 2.45) is 0 Å². The summed E-state index contributed by atoms with van der Waals surface area (Å²) in [6, 6.07) is 5.08. The van der Waals surface area contributed by atoms with E-state index in [1.54, 1.807) is 6.07 Å². The lowest BCUT2D eigenvalue weighted by Gasteiger charge is -2.20. The molecule has 1 aromatic carbocycles. The molecule has 1 aromatic rings. The van der Waals surface area contributed by atoms with E-state index in [0.29, 0.717) is 17.0 Å². The minimum absolute atomic E-state index is 0.277. The third-order valence-corrected chi connectivity index (χ3v) is 4.20. The molecule has 1 aliphatic rings. The number of hydrogen-bond donors (Lipinski definition) is 2. The quantitative estimate of drug-likeness (QED) is 0.797. The van der Waals surface area contributed by atoms with Gasteiger partial charge in [-0.1, -0.05) is 6.42 Å². The maximum Gasteiger partial charge on any atom is 0.127 e. The van der Waals surface area contributed by atoms with Crippen molar-refractivity contribution in [2.75, 3.05) is 17.3 Å². The molecule has 2 unspecified atom stereocenters. The van der Waals surface area contributed by atoms with Crippen LogP contribution in [0.1, 0.15) is 19.3 Å². The van der Waals surface area contributed by atoms with Gasteiger partial charge in [-0.05, 0) is 37.3 Å². The zero-order valence-electron chi connectivity index (χ0n) is 9.37. The minimum Gasteiger partial charge on any atom is -0.399 e. The summed E-state index contributed by atoms with van der Waals surface area (Å²) in [6.07, 6.45) is 5.77. The topological polar surface area (TPSA) is 38.0 Å². The monoisotopic (exact) mass is 240 g/mol. The number of hydrogen-bond acceptors (Lipinski definition) is 3. The Kier molecular flexibility index (Phi) is 3.59. The zero-order valence-corrected chi connectivity index (χ0v) is 10.2. The first-order valence-corrected chi connectivity index (χ1v) is 6.83. The molecule has 1 saturated carbocycles. The van der Waals surface area contributed by atoms with Crippen LogP contribution in [0.5, 0.6) is 0 Å². The summed E-state index contributed by atoms with van der Waals surface area (Å²) in [6.45, 7) is 0. The van der Waals surface area contributed by atoms with Crippen LogP contribution in [0.15, 0.2) is 18.2 Å². The van der Waals surface area contributed by atoms with Crippen molar-refractivity contribution < 1.29 is 4.39 Å². The first kappa shape index (κ1) is 11.6. The van der Waals surface area contributed by atoms with Crippen molar-refractivity contribution in [3.8, 4) is 0 Å². The Bertz CT molecular complexity index is 350. The fourth-order valence-electron chi connectivity index (χ4n) is 2.28. The minimum atomic E-state index is -0.277. The number of benzene rings is 1. The van der Waals surface area contributed by atoms with Gasteiger partial charge in [0.25, 0.3) is 0 Å². The smallest absolute Gasteiger partial charge is 0.127 e. The average Bonchev–Trinajstić information content (AvgIpc) is 2.63. The predicted molar refractivity (Wildman–Crippen MR) is 69.4 cm³/mol. The number of nitrogens with two attached hydrogens (primary N) is 1. The van der Waals surface area contributed by atoms with Gasteiger partial charge >= 0.3 is 0 Å². The second kappa shape index (κ2) is 4.95. The lowest BCUT2D eigenvalue weighted by molar-refractivity contribution is 0.628. The van der Waals surface area contributed by atoms with Crippen molar-refractivity contribution in [1.29, 1.82) is 0 Å². The van der Waals surface area contributed by atoms with Gasteiger partial charge in [-0.3, -0.25) is 0 Å². The van der Waals surface area contributed by atoms with Gasteiger partial charge in [0.2, 0.25) is 0 Å². The molecular formula is C12H17FN2S. The van der Waals surface area contributed by atoms with E-state index in [2.05, 4.69) is 11.6 Å². The lowest BCUT2D eigenvalue weighted by Crippen LogP contribution is -2.25. The van der Waals surface area contributed by atoms with Gasteiger partial charge in [-0.25, -0.2) is 4.39 Å². The van der Waals surface area contributed by atoms with Gasteiger partial charge in [0, 0.05) is 22.7 Å². The van der Waals surface area contributed by atoms with Crippen LogP contribution in [0.3, 0.4) is 0 Å². The molecule has 1 fully saturated rings. The lowest BCUT2D eigenvalue weighted by atomic mass is 10.2. The molecule has 0 bridgehead atoms. The third kappa shape index (κ3) is 2.61. The Morgan fingerprint density at radius 1 is 1.38 bits per heavy atom. The largest absolute Gasteiger partial charge is 0.399 e. The zero-order chi connectivity index (χ0) is 11.5. The van der Waals surface area contributed by atoms with Crippen molar-refractivity contribution in [2.45, 2.75) is 30.6 Å². The van der Waals surface area contributed by atoms with Crippen LogP contribution >= 0.6 is 11.8 Å². The summed E-state index contributed by atoms with van der Waals surface area (Å²) in [5.74, 6) is -0.277. The molecule has 2 rings (SSSR count). The van der Waals surface area contributed by atoms with Crippen LogP contribution in [0.25, 0.3) is 0 Å². The third-order valence-electron chi connectivity index (χ3n) is 3.03. The SMILES string of the molecule is CSC1CCCC1Nc1cc(N)cc(F)c1. The number of anilines is 2. The fraction of sp³-hybridized carbons (Fsp3) is 0.500. The maximum absolute atomic E-state index is 13.2. The predicted octanol–water partition coefficient (Wildman–Crippen LogP) is 3.10. The molecule has 2 nitrogen and oxygen atoms in total. The van der Waals surface area contributed by atoms with Crippen LogP contribution in [-0.2, 0) is 0 Å². The molecule has 0 aliphatic heterocycles. The molecule has 0 saturated heterocycles. The number of rotatable bonds is 3. The highest BCUT2D eigenvalue weighted by Gasteiger charge is 2.26. The van der Waals surface area contributed by atoms with Crippen molar-refractivity contribution >= 4 is 23.1 Å². The van der Waals surface area contributed by atoms with Crippen LogP contribution in [-0.4, -0.2) is 17.5 Å². The number of thioether (sulfide) groups is 1. The van der Waals surface area contributed by atoms with Crippen molar-refractivity contribution in [3.05, 3.63) is 24.0 Å². The molecule has 0 spiro atoms. The van der Waals surface area contributed by atoms with Gasteiger partial charge in [0.15, 0.2) is 0 Å². The summed E-state index contributed by atoms with van der Waals surface area (Å²) in [7, 11) is 0. The summed E-state index contributed by atoms with van der Waals surface area (Å²) in [5, 5.41) is 4.01. The molecule has 0 radical (unpaired) electrons. The molecule has 2 atom stereocenters. The van der Waals surface area contributed by atoms with Gasteiger partial charge in [-0.2, -0.15) is 11.8 Å². The van der Waals surface area contributed by atoms with E-state index in [9.17, 15) is 4.39 Å². The second-order valence-electron chi connectivity index (χ2n) is 4.23. The van der Waals surface area contributed by atoms with E-state index in [4.69, 9.17) is 5.73 Å². The summed E-state index contributed by atoms with van der Waals surface area (Å²) in [4.78, 5) is 0. The fourth-order valence-corrected chi connectivity index (χ4v) is 3.22. The van der Waals surface area contributed by atoms with E-state index in [0.717, 1.165) is 12.1 Å². The summed E-state index contributed by atoms with van der Waals surface area (Å²) in [5.41, 5.74) is 6.88. The first-order chi connectivity index (χ1) is 7.69. The van der Waals surface area contributed by atoms with Gasteiger partial charge in [0.05, 0.1) is 0 Å². The Morgan fingerprint density at radius 2 is 2.19 bits per heavy atom. The van der Waals surface area contributed by atoms with E-state index in [1.807, 2.05) is 11.8 Å². The summed E-state index contributed by atoms with van der Waals surface area (Å²) >= 11 is 1.88. The highest BCUT2D eigenvalue weighted by atomic mass is 32.2. The van der Waals surface area contributed by atoms with Crippen LogP contribution in [0.2, 0.25) is 0 Å². The van der Waals surface area contributed by atoms with Gasteiger partial charge in [-0.15, -0.1) is 0 Å². The highest BCUT2D eigenvalue weighted by molar-refractivity contribution is 7.99. The standard InChI is InChI=1S/C12H17FN2S/c1-16-12-4-2-3-11(12)15-10-6-8(13)5-9(14)7-10/h5-7,11-12,15H,2-4,14H2,1H3. The normalized spacial score (nSPS) is 24.6. The molecule has 0 aromatic heterocycles. The Labute approximate surface area is 99.8 Å². The van der Waals surface area contributed by atoms with Crippen molar-refractivity contribution in [3.63, 3.8) is 0 Å².